The van der Waals surface area contributed by atoms with Crippen LogP contribution in [-0.2, 0) is 0 Å². The van der Waals surface area contributed by atoms with Gasteiger partial charge in [-0.25, -0.2) is 4.39 Å². The molecule has 0 bridgehead atoms. The molecule has 2 nitrogen and oxygen atoms in total. The topological polar surface area (TPSA) is 29.1 Å². The van der Waals surface area contributed by atoms with Crippen LogP contribution in [0.3, 0.4) is 0 Å². The van der Waals surface area contributed by atoms with E-state index >= 15 is 0 Å². The van der Waals surface area contributed by atoms with Crippen LogP contribution in [0.25, 0.3) is 0 Å². The maximum absolute atomic E-state index is 12.9. The fraction of sp³-hybridized carbons (Fsp3) is 0.308. The second-order valence-corrected chi connectivity index (χ2v) is 3.50. The quantitative estimate of drug-likeness (QED) is 0.774. The average molecular weight is 219 g/mol. The molecule has 84 valence electrons. The van der Waals surface area contributed by atoms with E-state index in [2.05, 4.69) is 11.2 Å². The molecule has 1 amide bonds. The van der Waals surface area contributed by atoms with Crippen molar-refractivity contribution in [1.29, 1.82) is 0 Å². The number of nitrogens with one attached hydrogen (secondary N) is 1. The molecule has 0 saturated carbocycles. The smallest absolute Gasteiger partial charge is 0.251 e. The Morgan fingerprint density at radius 1 is 1.62 bits per heavy atom. The molecule has 0 spiro atoms. The zero-order valence-corrected chi connectivity index (χ0v) is 9.16. The lowest BCUT2D eigenvalue weighted by molar-refractivity contribution is 0.0936. The molecule has 0 fully saturated rings. The summed E-state index contributed by atoms with van der Waals surface area (Å²) in [6, 6.07) is 5.53. The predicted octanol–water partition coefficient (Wildman–Crippen LogP) is 2.36. The molecular formula is C13H14FNO. The summed E-state index contributed by atoms with van der Waals surface area (Å²) in [7, 11) is 0. The molecule has 0 heterocycles. The number of amides is 1. The molecule has 0 aliphatic heterocycles. The number of hydrogen-bond donors (Lipinski definition) is 1. The van der Waals surface area contributed by atoms with Gasteiger partial charge in [-0.3, -0.25) is 4.79 Å². The van der Waals surface area contributed by atoms with Crippen LogP contribution in [0.5, 0.6) is 0 Å². The molecule has 1 atom stereocenters. The van der Waals surface area contributed by atoms with Crippen molar-refractivity contribution in [1.82, 2.24) is 5.32 Å². The fourth-order valence-corrected chi connectivity index (χ4v) is 1.34. The van der Waals surface area contributed by atoms with E-state index < -0.39 is 5.82 Å². The van der Waals surface area contributed by atoms with Crippen molar-refractivity contribution >= 4 is 5.91 Å². The maximum atomic E-state index is 12.9. The molecular weight excluding hydrogens is 205 g/mol. The molecule has 16 heavy (non-hydrogen) atoms. The number of benzene rings is 1. The molecule has 1 unspecified atom stereocenters. The Morgan fingerprint density at radius 3 is 2.94 bits per heavy atom. The normalized spacial score (nSPS) is 11.6. The van der Waals surface area contributed by atoms with E-state index in [0.717, 1.165) is 6.42 Å². The van der Waals surface area contributed by atoms with Gasteiger partial charge in [0, 0.05) is 18.0 Å². The van der Waals surface area contributed by atoms with Gasteiger partial charge >= 0.3 is 0 Å². The number of hydrogen-bond acceptors (Lipinski definition) is 1. The molecule has 1 aromatic carbocycles. The van der Waals surface area contributed by atoms with Crippen LogP contribution in [0.15, 0.2) is 24.3 Å². The fourth-order valence-electron chi connectivity index (χ4n) is 1.34. The first-order valence-electron chi connectivity index (χ1n) is 5.17. The molecule has 0 saturated heterocycles. The number of rotatable bonds is 4. The summed E-state index contributed by atoms with van der Waals surface area (Å²) in [6.07, 6.45) is 6.42. The first kappa shape index (κ1) is 12.3. The van der Waals surface area contributed by atoms with Crippen molar-refractivity contribution < 1.29 is 9.18 Å². The molecule has 1 N–H and O–H groups in total. The van der Waals surface area contributed by atoms with Crippen LogP contribution < -0.4 is 5.32 Å². The Hall–Kier alpha value is -1.82. The number of carbonyl (C=O) groups is 1. The molecule has 0 radical (unpaired) electrons. The van der Waals surface area contributed by atoms with Crippen LogP contribution >= 0.6 is 0 Å². The highest BCUT2D eigenvalue weighted by molar-refractivity contribution is 5.94. The first-order chi connectivity index (χ1) is 7.67. The van der Waals surface area contributed by atoms with Gasteiger partial charge in [-0.15, -0.1) is 12.3 Å². The Morgan fingerprint density at radius 2 is 2.38 bits per heavy atom. The number of carbonyl (C=O) groups excluding carboxylic acids is 1. The minimum Gasteiger partial charge on any atom is -0.348 e. The van der Waals surface area contributed by atoms with Gasteiger partial charge in [-0.05, 0) is 24.6 Å². The largest absolute Gasteiger partial charge is 0.348 e. The van der Waals surface area contributed by atoms with Gasteiger partial charge in [-0.2, -0.15) is 0 Å². The lowest BCUT2D eigenvalue weighted by Crippen LogP contribution is -2.34. The van der Waals surface area contributed by atoms with Crippen molar-refractivity contribution in [3.63, 3.8) is 0 Å². The highest BCUT2D eigenvalue weighted by Gasteiger charge is 2.11. The monoisotopic (exact) mass is 219 g/mol. The van der Waals surface area contributed by atoms with Crippen molar-refractivity contribution in [3.05, 3.63) is 35.6 Å². The zero-order valence-electron chi connectivity index (χ0n) is 9.16. The summed E-state index contributed by atoms with van der Waals surface area (Å²) in [4.78, 5) is 11.7. The molecule has 0 aliphatic rings. The van der Waals surface area contributed by atoms with E-state index in [0.29, 0.717) is 12.0 Å². The Bertz CT molecular complexity index is 409. The zero-order chi connectivity index (χ0) is 12.0. The maximum Gasteiger partial charge on any atom is 0.251 e. The summed E-state index contributed by atoms with van der Waals surface area (Å²) in [5, 5.41) is 2.76. The van der Waals surface area contributed by atoms with Gasteiger partial charge < -0.3 is 5.32 Å². The van der Waals surface area contributed by atoms with E-state index in [1.807, 2.05) is 6.92 Å². The molecule has 1 aromatic rings. The van der Waals surface area contributed by atoms with Crippen LogP contribution in [0, 0.1) is 18.2 Å². The van der Waals surface area contributed by atoms with Crippen molar-refractivity contribution in [3.8, 4) is 12.3 Å². The standard InChI is InChI=1S/C13H14FNO/c1-3-6-12(4-2)15-13(16)10-7-5-8-11(14)9-10/h1,5,7-9,12H,4,6H2,2H3,(H,15,16). The molecule has 0 aromatic heterocycles. The number of halogens is 1. The van der Waals surface area contributed by atoms with Crippen molar-refractivity contribution in [2.24, 2.45) is 0 Å². The molecule has 3 heteroatoms. The van der Waals surface area contributed by atoms with Crippen LogP contribution in [0.4, 0.5) is 4.39 Å². The second-order valence-electron chi connectivity index (χ2n) is 3.50. The highest BCUT2D eigenvalue weighted by atomic mass is 19.1. The van der Waals surface area contributed by atoms with Crippen LogP contribution in [0.1, 0.15) is 30.1 Å². The van der Waals surface area contributed by atoms with Gasteiger partial charge in [-0.1, -0.05) is 13.0 Å². The summed E-state index contributed by atoms with van der Waals surface area (Å²) >= 11 is 0. The van der Waals surface area contributed by atoms with Gasteiger partial charge in [0.15, 0.2) is 0 Å². The summed E-state index contributed by atoms with van der Waals surface area (Å²) in [5.41, 5.74) is 0.315. The minimum atomic E-state index is -0.419. The van der Waals surface area contributed by atoms with Gasteiger partial charge in [0.2, 0.25) is 0 Å². The Kier molecular flexibility index (Phi) is 4.53. The SMILES string of the molecule is C#CCC(CC)NC(=O)c1cccc(F)c1. The lowest BCUT2D eigenvalue weighted by Gasteiger charge is -2.14. The van der Waals surface area contributed by atoms with E-state index in [9.17, 15) is 9.18 Å². The van der Waals surface area contributed by atoms with E-state index in [1.54, 1.807) is 6.07 Å². The summed E-state index contributed by atoms with van der Waals surface area (Å²) < 4.78 is 12.9. The van der Waals surface area contributed by atoms with Crippen molar-refractivity contribution in [2.45, 2.75) is 25.8 Å². The lowest BCUT2D eigenvalue weighted by atomic mass is 10.1. The van der Waals surface area contributed by atoms with Crippen molar-refractivity contribution in [2.75, 3.05) is 0 Å². The van der Waals surface area contributed by atoms with Crippen LogP contribution in [-0.4, -0.2) is 11.9 Å². The van der Waals surface area contributed by atoms with E-state index in [-0.39, 0.29) is 11.9 Å². The van der Waals surface area contributed by atoms with Gasteiger partial charge in [0.1, 0.15) is 5.82 Å². The Labute approximate surface area is 94.9 Å². The molecule has 0 aliphatic carbocycles. The third kappa shape index (κ3) is 3.39. The van der Waals surface area contributed by atoms with Crippen LogP contribution in [0.2, 0.25) is 0 Å². The van der Waals surface area contributed by atoms with E-state index in [1.165, 1.54) is 18.2 Å². The molecule has 1 rings (SSSR count). The minimum absolute atomic E-state index is 0.0548. The average Bonchev–Trinajstić information content (AvgIpc) is 2.28. The predicted molar refractivity (Wildman–Crippen MR) is 61.4 cm³/mol. The van der Waals surface area contributed by atoms with Gasteiger partial charge in [0.25, 0.3) is 5.91 Å². The summed E-state index contributed by atoms with van der Waals surface area (Å²) in [6.45, 7) is 1.94. The third-order valence-corrected chi connectivity index (χ3v) is 2.28. The summed E-state index contributed by atoms with van der Waals surface area (Å²) in [5.74, 6) is 1.79. The Balaban J connectivity index is 2.68. The highest BCUT2D eigenvalue weighted by Crippen LogP contribution is 2.05. The number of terminal acetylenes is 1. The van der Waals surface area contributed by atoms with E-state index in [4.69, 9.17) is 6.42 Å². The second kappa shape index (κ2) is 5.92. The third-order valence-electron chi connectivity index (χ3n) is 2.28. The van der Waals surface area contributed by atoms with Gasteiger partial charge in [0.05, 0.1) is 0 Å². The first-order valence-corrected chi connectivity index (χ1v) is 5.17.